The number of carbonyl (C=O) groups excluding carboxylic acids is 1. The molecule has 0 aliphatic rings. The van der Waals surface area contributed by atoms with Gasteiger partial charge in [-0.15, -0.1) is 5.10 Å². The summed E-state index contributed by atoms with van der Waals surface area (Å²) in [5.41, 5.74) is 2.16. The van der Waals surface area contributed by atoms with Gasteiger partial charge in [0, 0.05) is 11.5 Å². The number of nitrogens with one attached hydrogen (secondary N) is 1. The molecule has 140 valence electrons. The van der Waals surface area contributed by atoms with Crippen LogP contribution < -0.4 is 5.32 Å². The van der Waals surface area contributed by atoms with Crippen LogP contribution in [0.15, 0.2) is 64.4 Å². The minimum atomic E-state index is -0.723. The number of aromatic nitrogens is 2. The van der Waals surface area contributed by atoms with E-state index in [0.29, 0.717) is 17.3 Å². The van der Waals surface area contributed by atoms with E-state index in [2.05, 4.69) is 36.3 Å². The number of nitrogens with zero attached hydrogens (tertiary/aromatic N) is 3. The summed E-state index contributed by atoms with van der Waals surface area (Å²) in [7, 11) is 0. The van der Waals surface area contributed by atoms with Gasteiger partial charge in [-0.25, -0.2) is 9.48 Å². The lowest BCUT2D eigenvalue weighted by Gasteiger charge is -2.19. The molecule has 3 aromatic rings. The molecule has 0 aliphatic carbocycles. The number of carbonyl (C=O) groups is 1. The quantitative estimate of drug-likeness (QED) is 0.411. The number of hydrogen-bond donors (Lipinski definition) is 1. The molecule has 0 fully saturated rings. The van der Waals surface area contributed by atoms with Gasteiger partial charge in [0.1, 0.15) is 5.71 Å². The van der Waals surface area contributed by atoms with E-state index in [1.54, 1.807) is 19.1 Å². The van der Waals surface area contributed by atoms with Gasteiger partial charge in [-0.05, 0) is 31.2 Å². The zero-order chi connectivity index (χ0) is 19.4. The summed E-state index contributed by atoms with van der Waals surface area (Å²) >= 11 is 0. The molecule has 0 atom stereocenters. The van der Waals surface area contributed by atoms with E-state index < -0.39 is 6.09 Å². The topological polar surface area (TPSA) is 81.6 Å². The Labute approximate surface area is 157 Å². The van der Waals surface area contributed by atoms with Crippen molar-refractivity contribution in [1.29, 1.82) is 0 Å². The maximum Gasteiger partial charge on any atom is 0.439 e. The molecule has 3 rings (SSSR count). The molecule has 7 heteroatoms. The zero-order valence-electron chi connectivity index (χ0n) is 15.8. The van der Waals surface area contributed by atoms with E-state index in [4.69, 9.17) is 9.25 Å². The Morgan fingerprint density at radius 1 is 1.19 bits per heavy atom. The molecule has 1 aromatic carbocycles. The van der Waals surface area contributed by atoms with Crippen LogP contribution in [0.2, 0.25) is 0 Å². The monoisotopic (exact) mass is 366 g/mol. The van der Waals surface area contributed by atoms with Gasteiger partial charge in [0.15, 0.2) is 11.6 Å². The van der Waals surface area contributed by atoms with Crippen molar-refractivity contribution in [3.8, 4) is 5.69 Å². The molecule has 0 aliphatic heterocycles. The summed E-state index contributed by atoms with van der Waals surface area (Å²) in [6, 6.07) is 15.0. The van der Waals surface area contributed by atoms with Crippen LogP contribution in [-0.2, 0) is 10.3 Å². The highest BCUT2D eigenvalue weighted by Gasteiger charge is 2.22. The highest BCUT2D eigenvalue weighted by atomic mass is 16.7. The van der Waals surface area contributed by atoms with Crippen molar-refractivity contribution in [2.45, 2.75) is 33.1 Å². The Balaban J connectivity index is 1.78. The first-order valence-electron chi connectivity index (χ1n) is 8.57. The molecular weight excluding hydrogens is 344 g/mol. The number of rotatable bonds is 4. The van der Waals surface area contributed by atoms with Crippen molar-refractivity contribution in [1.82, 2.24) is 9.78 Å². The minimum absolute atomic E-state index is 0.166. The molecule has 7 nitrogen and oxygen atoms in total. The van der Waals surface area contributed by atoms with Gasteiger partial charge in [-0.3, -0.25) is 10.2 Å². The lowest BCUT2D eigenvalue weighted by atomic mass is 9.92. The van der Waals surface area contributed by atoms with Crippen molar-refractivity contribution < 1.29 is 14.0 Å². The summed E-state index contributed by atoms with van der Waals surface area (Å²) in [6.45, 7) is 7.95. The fraction of sp³-hybridized carbons (Fsp3) is 0.250. The number of furan rings is 1. The van der Waals surface area contributed by atoms with Crippen LogP contribution >= 0.6 is 0 Å². The maximum absolute atomic E-state index is 12.1. The number of anilines is 1. The van der Waals surface area contributed by atoms with Gasteiger partial charge in [0.05, 0.1) is 17.6 Å². The van der Waals surface area contributed by atoms with Gasteiger partial charge in [-0.1, -0.05) is 44.1 Å². The van der Waals surface area contributed by atoms with Crippen molar-refractivity contribution >= 4 is 17.6 Å². The molecule has 0 spiro atoms. The van der Waals surface area contributed by atoms with Crippen LogP contribution in [0.25, 0.3) is 5.69 Å². The molecule has 1 N–H and O–H groups in total. The van der Waals surface area contributed by atoms with E-state index >= 15 is 0 Å². The molecule has 27 heavy (non-hydrogen) atoms. The Morgan fingerprint density at radius 2 is 1.93 bits per heavy atom. The highest BCUT2D eigenvalue weighted by Crippen LogP contribution is 2.27. The zero-order valence-corrected chi connectivity index (χ0v) is 15.8. The van der Waals surface area contributed by atoms with Crippen LogP contribution in [0.3, 0.4) is 0 Å². The standard InChI is InChI=1S/C20H22N4O3/c1-14(16-11-8-12-26-16)23-27-19(25)21-18-13-17(20(2,3)4)24(22-18)15-9-6-5-7-10-15/h5-13H,1-4H3,(H,21,22,25)/b23-14+. The first kappa shape index (κ1) is 18.4. The summed E-state index contributed by atoms with van der Waals surface area (Å²) < 4.78 is 7.01. The minimum Gasteiger partial charge on any atom is -0.463 e. The average molecular weight is 366 g/mol. The summed E-state index contributed by atoms with van der Waals surface area (Å²) in [4.78, 5) is 17.0. The van der Waals surface area contributed by atoms with E-state index in [1.807, 2.05) is 41.1 Å². The molecule has 0 unspecified atom stereocenters. The molecule has 0 saturated carbocycles. The highest BCUT2D eigenvalue weighted by molar-refractivity contribution is 5.96. The Bertz CT molecular complexity index is 936. The second kappa shape index (κ2) is 7.49. The van der Waals surface area contributed by atoms with Gasteiger partial charge in [0.2, 0.25) is 0 Å². The van der Waals surface area contributed by atoms with Crippen molar-refractivity contribution in [2.75, 3.05) is 5.32 Å². The summed E-state index contributed by atoms with van der Waals surface area (Å²) in [5, 5.41) is 10.9. The third-order valence-electron chi connectivity index (χ3n) is 3.85. The van der Waals surface area contributed by atoms with Crippen molar-refractivity contribution in [3.05, 3.63) is 66.2 Å². The second-order valence-electron chi connectivity index (χ2n) is 7.07. The van der Waals surface area contributed by atoms with Crippen LogP contribution in [-0.4, -0.2) is 21.6 Å². The lowest BCUT2D eigenvalue weighted by molar-refractivity contribution is 0.166. The number of amides is 1. The van der Waals surface area contributed by atoms with Gasteiger partial charge >= 0.3 is 6.09 Å². The molecule has 0 saturated heterocycles. The Hall–Kier alpha value is -3.35. The molecule has 1 amide bonds. The van der Waals surface area contributed by atoms with Crippen LogP contribution in [0.5, 0.6) is 0 Å². The van der Waals surface area contributed by atoms with Gasteiger partial charge in [0.25, 0.3) is 0 Å². The van der Waals surface area contributed by atoms with E-state index in [9.17, 15) is 4.79 Å². The molecule has 0 bridgehead atoms. The third kappa shape index (κ3) is 4.44. The number of para-hydroxylation sites is 1. The largest absolute Gasteiger partial charge is 0.463 e. The Morgan fingerprint density at radius 3 is 2.56 bits per heavy atom. The fourth-order valence-corrected chi connectivity index (χ4v) is 2.51. The summed E-state index contributed by atoms with van der Waals surface area (Å²) in [6.07, 6.45) is 0.803. The predicted molar refractivity (Wildman–Crippen MR) is 103 cm³/mol. The maximum atomic E-state index is 12.1. The molecule has 2 heterocycles. The smallest absolute Gasteiger partial charge is 0.439 e. The molecule has 0 radical (unpaired) electrons. The van der Waals surface area contributed by atoms with E-state index in [1.165, 1.54) is 6.26 Å². The first-order valence-corrected chi connectivity index (χ1v) is 8.57. The van der Waals surface area contributed by atoms with E-state index in [-0.39, 0.29) is 5.41 Å². The van der Waals surface area contributed by atoms with Gasteiger partial charge < -0.3 is 4.42 Å². The van der Waals surface area contributed by atoms with Crippen LogP contribution in [0.1, 0.15) is 39.1 Å². The van der Waals surface area contributed by atoms with Crippen molar-refractivity contribution in [2.24, 2.45) is 5.16 Å². The average Bonchev–Trinajstić information content (AvgIpc) is 3.30. The van der Waals surface area contributed by atoms with Gasteiger partial charge in [-0.2, -0.15) is 0 Å². The van der Waals surface area contributed by atoms with E-state index in [0.717, 1.165) is 11.4 Å². The molecular formula is C20H22N4O3. The van der Waals surface area contributed by atoms with Crippen LogP contribution in [0.4, 0.5) is 10.6 Å². The fourth-order valence-electron chi connectivity index (χ4n) is 2.51. The first-order chi connectivity index (χ1) is 12.8. The van der Waals surface area contributed by atoms with Crippen molar-refractivity contribution in [3.63, 3.8) is 0 Å². The lowest BCUT2D eigenvalue weighted by Crippen LogP contribution is -2.17. The predicted octanol–water partition coefficient (Wildman–Crippen LogP) is 4.74. The SMILES string of the molecule is C/C(=N\OC(=O)Nc1cc(C(C)(C)C)n(-c2ccccc2)n1)c1ccco1. The number of oxime groups is 1. The van der Waals surface area contributed by atoms with Crippen LogP contribution in [0, 0.1) is 0 Å². The normalized spacial score (nSPS) is 12.1. The number of hydrogen-bond acceptors (Lipinski definition) is 5. The summed E-state index contributed by atoms with van der Waals surface area (Å²) in [5.74, 6) is 0.922. The molecule has 2 aromatic heterocycles. The Kier molecular flexibility index (Phi) is 5.12. The third-order valence-corrected chi connectivity index (χ3v) is 3.85. The number of benzene rings is 1. The second-order valence-corrected chi connectivity index (χ2v) is 7.07.